The van der Waals surface area contributed by atoms with E-state index in [1.54, 1.807) is 0 Å². The van der Waals surface area contributed by atoms with Crippen molar-refractivity contribution in [2.45, 2.75) is 32.4 Å². The standard InChI is InChI=1S/C15H23FO2Si/c1-15(2,3)19(4,14-8-6-5-7-9-14)18-11-10-13(16)12-17/h5-10,17H,11-12H2,1-4H3/b13-10+. The van der Waals surface area contributed by atoms with E-state index < -0.39 is 20.8 Å². The Morgan fingerprint density at radius 1 is 1.32 bits per heavy atom. The van der Waals surface area contributed by atoms with E-state index >= 15 is 0 Å². The van der Waals surface area contributed by atoms with Crippen LogP contribution in [0.4, 0.5) is 4.39 Å². The monoisotopic (exact) mass is 282 g/mol. The van der Waals surface area contributed by atoms with Crippen LogP contribution in [0.1, 0.15) is 20.8 Å². The third-order valence-corrected chi connectivity index (χ3v) is 8.63. The van der Waals surface area contributed by atoms with Gasteiger partial charge in [-0.25, -0.2) is 4.39 Å². The molecule has 0 saturated heterocycles. The molecule has 1 N–H and O–H groups in total. The Bertz CT molecular complexity index is 426. The summed E-state index contributed by atoms with van der Waals surface area (Å²) in [5, 5.41) is 9.85. The summed E-state index contributed by atoms with van der Waals surface area (Å²) < 4.78 is 19.0. The highest BCUT2D eigenvalue weighted by Gasteiger charge is 2.43. The SMILES string of the molecule is CC(C)(C)[Si](C)(OC/C=C(/F)CO)c1ccccc1. The Balaban J connectivity index is 2.96. The summed E-state index contributed by atoms with van der Waals surface area (Å²) in [5.74, 6) is -0.543. The number of aliphatic hydroxyl groups is 1. The van der Waals surface area contributed by atoms with Gasteiger partial charge in [-0.05, 0) is 22.8 Å². The van der Waals surface area contributed by atoms with E-state index in [9.17, 15) is 4.39 Å². The first-order chi connectivity index (χ1) is 8.81. The highest BCUT2D eigenvalue weighted by atomic mass is 28.4. The molecule has 0 aliphatic rings. The van der Waals surface area contributed by atoms with Gasteiger partial charge < -0.3 is 9.53 Å². The third kappa shape index (κ3) is 3.99. The van der Waals surface area contributed by atoms with Crippen molar-refractivity contribution in [1.29, 1.82) is 0 Å². The molecule has 0 aliphatic carbocycles. The first kappa shape index (κ1) is 16.1. The Kier molecular flexibility index (Phi) is 5.46. The number of aliphatic hydroxyl groups excluding tert-OH is 1. The maximum Gasteiger partial charge on any atom is 0.226 e. The predicted molar refractivity (Wildman–Crippen MR) is 79.6 cm³/mol. The summed E-state index contributed by atoms with van der Waals surface area (Å²) in [6.45, 7) is 8.23. The van der Waals surface area contributed by atoms with Gasteiger partial charge in [-0.15, -0.1) is 0 Å². The lowest BCUT2D eigenvalue weighted by molar-refractivity contribution is 0.289. The lowest BCUT2D eigenvalue weighted by Crippen LogP contribution is -2.55. The van der Waals surface area contributed by atoms with E-state index in [4.69, 9.17) is 9.53 Å². The third-order valence-electron chi connectivity index (χ3n) is 3.58. The number of hydrogen-bond donors (Lipinski definition) is 1. The van der Waals surface area contributed by atoms with Crippen molar-refractivity contribution >= 4 is 13.5 Å². The van der Waals surface area contributed by atoms with Crippen molar-refractivity contribution in [3.63, 3.8) is 0 Å². The highest BCUT2D eigenvalue weighted by molar-refractivity contribution is 6.87. The van der Waals surface area contributed by atoms with Crippen LogP contribution in [0.15, 0.2) is 42.2 Å². The number of hydrogen-bond acceptors (Lipinski definition) is 2. The van der Waals surface area contributed by atoms with E-state index in [1.807, 2.05) is 18.2 Å². The number of halogens is 1. The molecule has 0 aliphatic heterocycles. The molecule has 0 aromatic heterocycles. The van der Waals surface area contributed by atoms with Gasteiger partial charge in [-0.2, -0.15) is 0 Å². The van der Waals surface area contributed by atoms with Gasteiger partial charge in [0.2, 0.25) is 8.32 Å². The summed E-state index contributed by atoms with van der Waals surface area (Å²) in [6.07, 6.45) is 1.31. The zero-order valence-corrected chi connectivity index (χ0v) is 13.1. The molecule has 1 aromatic rings. The first-order valence-corrected chi connectivity index (χ1v) is 8.87. The van der Waals surface area contributed by atoms with Gasteiger partial charge in [0.05, 0.1) is 13.2 Å². The van der Waals surface area contributed by atoms with Crippen molar-refractivity contribution in [2.24, 2.45) is 0 Å². The summed E-state index contributed by atoms with van der Waals surface area (Å²) in [4.78, 5) is 0. The number of benzene rings is 1. The second kappa shape index (κ2) is 6.46. The molecular weight excluding hydrogens is 259 g/mol. The van der Waals surface area contributed by atoms with Crippen LogP contribution in [-0.4, -0.2) is 26.6 Å². The first-order valence-electron chi connectivity index (χ1n) is 6.46. The Hall–Kier alpha value is -0.973. The highest BCUT2D eigenvalue weighted by Crippen LogP contribution is 2.36. The van der Waals surface area contributed by atoms with Crippen LogP contribution in [-0.2, 0) is 4.43 Å². The fraction of sp³-hybridized carbons (Fsp3) is 0.467. The smallest absolute Gasteiger partial charge is 0.226 e. The van der Waals surface area contributed by atoms with Crippen LogP contribution in [0.3, 0.4) is 0 Å². The van der Waals surface area contributed by atoms with Gasteiger partial charge in [-0.1, -0.05) is 51.1 Å². The van der Waals surface area contributed by atoms with Crippen LogP contribution in [0, 0.1) is 0 Å². The van der Waals surface area contributed by atoms with E-state index in [0.29, 0.717) is 0 Å². The lowest BCUT2D eigenvalue weighted by atomic mass is 10.2. The summed E-state index contributed by atoms with van der Waals surface area (Å²) in [5.41, 5.74) is 0. The molecule has 4 heteroatoms. The van der Waals surface area contributed by atoms with Crippen LogP contribution in [0.2, 0.25) is 11.6 Å². The minimum atomic E-state index is -2.20. The van der Waals surface area contributed by atoms with Crippen molar-refractivity contribution in [3.8, 4) is 0 Å². The Morgan fingerprint density at radius 2 is 1.89 bits per heavy atom. The molecule has 0 saturated carbocycles. The zero-order valence-electron chi connectivity index (χ0n) is 12.1. The van der Waals surface area contributed by atoms with E-state index in [2.05, 4.69) is 39.5 Å². The van der Waals surface area contributed by atoms with Crippen molar-refractivity contribution in [2.75, 3.05) is 13.2 Å². The van der Waals surface area contributed by atoms with Gasteiger partial charge in [0.25, 0.3) is 0 Å². The van der Waals surface area contributed by atoms with Crippen LogP contribution in [0.25, 0.3) is 0 Å². The molecule has 1 rings (SSSR count). The fourth-order valence-corrected chi connectivity index (χ4v) is 4.56. The lowest BCUT2D eigenvalue weighted by Gasteiger charge is -2.39. The summed E-state index contributed by atoms with van der Waals surface area (Å²) in [6, 6.07) is 10.1. The molecule has 2 nitrogen and oxygen atoms in total. The quantitative estimate of drug-likeness (QED) is 0.841. The van der Waals surface area contributed by atoms with Crippen LogP contribution < -0.4 is 5.19 Å². The fourth-order valence-electron chi connectivity index (χ4n) is 1.85. The number of rotatable bonds is 5. The topological polar surface area (TPSA) is 29.5 Å². The molecule has 0 amide bonds. The van der Waals surface area contributed by atoms with E-state index in [1.165, 1.54) is 11.3 Å². The van der Waals surface area contributed by atoms with Gasteiger partial charge in [0.1, 0.15) is 5.83 Å². The average Bonchev–Trinajstić information content (AvgIpc) is 2.38. The van der Waals surface area contributed by atoms with Crippen molar-refractivity contribution < 1.29 is 13.9 Å². The molecule has 106 valence electrons. The summed E-state index contributed by atoms with van der Waals surface area (Å²) >= 11 is 0. The minimum absolute atomic E-state index is 0.00210. The average molecular weight is 282 g/mol. The van der Waals surface area contributed by atoms with Crippen LogP contribution in [0.5, 0.6) is 0 Å². The van der Waals surface area contributed by atoms with Crippen molar-refractivity contribution in [1.82, 2.24) is 0 Å². The van der Waals surface area contributed by atoms with E-state index in [-0.39, 0.29) is 11.6 Å². The maximum absolute atomic E-state index is 13.0. The zero-order chi connectivity index (χ0) is 14.5. The Labute approximate surface area is 116 Å². The van der Waals surface area contributed by atoms with Gasteiger partial charge in [0, 0.05) is 0 Å². The second-order valence-corrected chi connectivity index (χ2v) is 10.2. The normalized spacial score (nSPS) is 16.2. The molecule has 1 unspecified atom stereocenters. The van der Waals surface area contributed by atoms with Crippen molar-refractivity contribution in [3.05, 3.63) is 42.2 Å². The molecule has 0 spiro atoms. The molecule has 0 heterocycles. The molecular formula is C15H23FO2Si. The maximum atomic E-state index is 13.0. The molecule has 0 radical (unpaired) electrons. The van der Waals surface area contributed by atoms with Gasteiger partial charge in [0.15, 0.2) is 0 Å². The molecule has 1 aromatic carbocycles. The Morgan fingerprint density at radius 3 is 2.37 bits per heavy atom. The summed E-state index contributed by atoms with van der Waals surface area (Å²) in [7, 11) is -2.20. The van der Waals surface area contributed by atoms with Gasteiger partial charge in [-0.3, -0.25) is 0 Å². The molecule has 0 bridgehead atoms. The van der Waals surface area contributed by atoms with Crippen LogP contribution >= 0.6 is 0 Å². The molecule has 19 heavy (non-hydrogen) atoms. The second-order valence-electron chi connectivity index (χ2n) is 5.77. The van der Waals surface area contributed by atoms with Gasteiger partial charge >= 0.3 is 0 Å². The van der Waals surface area contributed by atoms with E-state index in [0.717, 1.165) is 0 Å². The largest absolute Gasteiger partial charge is 0.408 e. The molecule has 0 fully saturated rings. The minimum Gasteiger partial charge on any atom is -0.408 e. The molecule has 1 atom stereocenters. The predicted octanol–water partition coefficient (Wildman–Crippen LogP) is 3.13.